The van der Waals surface area contributed by atoms with Crippen LogP contribution in [-0.4, -0.2) is 9.55 Å². The molecule has 0 spiro atoms. The second-order valence-corrected chi connectivity index (χ2v) is 4.51. The number of nitrogens with zero attached hydrogens (tertiary/aromatic N) is 2. The van der Waals surface area contributed by atoms with Crippen LogP contribution in [0, 0.1) is 0 Å². The van der Waals surface area contributed by atoms with Crippen molar-refractivity contribution in [2.75, 3.05) is 5.73 Å². The van der Waals surface area contributed by atoms with Crippen LogP contribution in [-0.2, 0) is 7.05 Å². The number of fused-ring (bicyclic) bond motifs is 1. The molecule has 0 aliphatic rings. The number of rotatable bonds is 1. The first-order valence-corrected chi connectivity index (χ1v) is 5.96. The third-order valence-electron chi connectivity index (χ3n) is 3.18. The van der Waals surface area contributed by atoms with Crippen LogP contribution in [0.2, 0.25) is 0 Å². The highest BCUT2D eigenvalue weighted by molar-refractivity contribution is 5.95. The summed E-state index contributed by atoms with van der Waals surface area (Å²) < 4.78 is 1.57. The molecule has 0 saturated heterocycles. The number of aromatic nitrogens is 2. The van der Waals surface area contributed by atoms with Gasteiger partial charge in [-0.25, -0.2) is 0 Å². The molecule has 4 nitrogen and oxygen atoms in total. The molecule has 0 unspecified atom stereocenters. The number of pyridine rings is 2. The Hall–Kier alpha value is -2.62. The van der Waals surface area contributed by atoms with Crippen LogP contribution in [0.25, 0.3) is 21.9 Å². The van der Waals surface area contributed by atoms with Gasteiger partial charge in [0, 0.05) is 36.9 Å². The van der Waals surface area contributed by atoms with Crippen molar-refractivity contribution in [3.8, 4) is 11.1 Å². The molecule has 0 aliphatic carbocycles. The van der Waals surface area contributed by atoms with E-state index < -0.39 is 0 Å². The molecule has 2 aromatic heterocycles. The number of benzene rings is 1. The number of hydrogen-bond donors (Lipinski definition) is 1. The van der Waals surface area contributed by atoms with E-state index in [2.05, 4.69) is 4.98 Å². The molecule has 19 heavy (non-hydrogen) atoms. The molecule has 0 atom stereocenters. The first kappa shape index (κ1) is 11.5. The zero-order chi connectivity index (χ0) is 13.4. The van der Waals surface area contributed by atoms with Gasteiger partial charge < -0.3 is 10.3 Å². The van der Waals surface area contributed by atoms with Crippen molar-refractivity contribution in [3.05, 3.63) is 59.3 Å². The molecule has 0 aliphatic heterocycles. The van der Waals surface area contributed by atoms with Crippen LogP contribution in [0.15, 0.2) is 53.7 Å². The first-order chi connectivity index (χ1) is 9.16. The average Bonchev–Trinajstić information content (AvgIpc) is 2.43. The fourth-order valence-electron chi connectivity index (χ4n) is 2.25. The molecule has 94 valence electrons. The molecule has 2 N–H and O–H groups in total. The maximum Gasteiger partial charge on any atom is 0.259 e. The van der Waals surface area contributed by atoms with Gasteiger partial charge in [0.05, 0.1) is 5.39 Å². The minimum absolute atomic E-state index is 0.0456. The lowest BCUT2D eigenvalue weighted by Gasteiger charge is -2.09. The second-order valence-electron chi connectivity index (χ2n) is 4.51. The monoisotopic (exact) mass is 251 g/mol. The van der Waals surface area contributed by atoms with E-state index in [4.69, 9.17) is 5.73 Å². The Balaban J connectivity index is 2.42. The average molecular weight is 251 g/mol. The summed E-state index contributed by atoms with van der Waals surface area (Å²) in [4.78, 5) is 16.1. The minimum Gasteiger partial charge on any atom is -0.399 e. The third-order valence-corrected chi connectivity index (χ3v) is 3.18. The summed E-state index contributed by atoms with van der Waals surface area (Å²) in [6.07, 6.45) is 5.13. The summed E-state index contributed by atoms with van der Waals surface area (Å²) in [6.45, 7) is 0. The molecule has 3 aromatic rings. The normalized spacial score (nSPS) is 10.8. The van der Waals surface area contributed by atoms with Gasteiger partial charge in [0.25, 0.3) is 5.56 Å². The van der Waals surface area contributed by atoms with Gasteiger partial charge in [0.2, 0.25) is 0 Å². The minimum atomic E-state index is -0.0456. The van der Waals surface area contributed by atoms with E-state index in [9.17, 15) is 4.79 Å². The first-order valence-electron chi connectivity index (χ1n) is 5.96. The van der Waals surface area contributed by atoms with E-state index >= 15 is 0 Å². The Labute approximate surface area is 110 Å². The standard InChI is InChI=1S/C15H13N3O/c1-18-9-14(10-3-2-4-11(16)7-10)12-5-6-17-8-13(12)15(18)19/h2-9H,16H2,1H3. The molecule has 4 heteroatoms. The molecule has 0 bridgehead atoms. The van der Waals surface area contributed by atoms with Gasteiger partial charge in [-0.1, -0.05) is 12.1 Å². The van der Waals surface area contributed by atoms with E-state index in [1.165, 1.54) is 0 Å². The summed E-state index contributed by atoms with van der Waals surface area (Å²) in [6, 6.07) is 9.49. The largest absolute Gasteiger partial charge is 0.399 e. The number of hydrogen-bond acceptors (Lipinski definition) is 3. The number of aryl methyl sites for hydroxylation is 1. The van der Waals surface area contributed by atoms with Crippen LogP contribution in [0.4, 0.5) is 5.69 Å². The summed E-state index contributed by atoms with van der Waals surface area (Å²) >= 11 is 0. The molecule has 3 rings (SSSR count). The lowest BCUT2D eigenvalue weighted by Crippen LogP contribution is -2.16. The molecular formula is C15H13N3O. The Morgan fingerprint density at radius 3 is 2.84 bits per heavy atom. The van der Waals surface area contributed by atoms with Crippen molar-refractivity contribution in [2.45, 2.75) is 0 Å². The Morgan fingerprint density at radius 1 is 1.21 bits per heavy atom. The van der Waals surface area contributed by atoms with Crippen molar-refractivity contribution < 1.29 is 0 Å². The van der Waals surface area contributed by atoms with Gasteiger partial charge in [-0.3, -0.25) is 9.78 Å². The van der Waals surface area contributed by atoms with Gasteiger partial charge in [0.1, 0.15) is 0 Å². The van der Waals surface area contributed by atoms with Gasteiger partial charge >= 0.3 is 0 Å². The molecule has 0 saturated carbocycles. The van der Waals surface area contributed by atoms with E-state index in [1.54, 1.807) is 24.0 Å². The number of nitrogen functional groups attached to an aromatic ring is 1. The van der Waals surface area contributed by atoms with Crippen molar-refractivity contribution >= 4 is 16.5 Å². The van der Waals surface area contributed by atoms with Crippen molar-refractivity contribution in [3.63, 3.8) is 0 Å². The highest BCUT2D eigenvalue weighted by atomic mass is 16.1. The summed E-state index contributed by atoms with van der Waals surface area (Å²) in [5.41, 5.74) is 8.45. The fourth-order valence-corrected chi connectivity index (χ4v) is 2.25. The molecule has 0 amide bonds. The smallest absolute Gasteiger partial charge is 0.259 e. The van der Waals surface area contributed by atoms with Crippen LogP contribution in [0.3, 0.4) is 0 Å². The van der Waals surface area contributed by atoms with Gasteiger partial charge in [-0.15, -0.1) is 0 Å². The van der Waals surface area contributed by atoms with Crippen molar-refractivity contribution in [1.82, 2.24) is 9.55 Å². The highest BCUT2D eigenvalue weighted by Gasteiger charge is 2.08. The summed E-state index contributed by atoms with van der Waals surface area (Å²) in [7, 11) is 1.74. The van der Waals surface area contributed by atoms with Crippen LogP contribution in [0.5, 0.6) is 0 Å². The molecule has 0 fully saturated rings. The second kappa shape index (κ2) is 4.24. The van der Waals surface area contributed by atoms with Gasteiger partial charge in [-0.05, 0) is 29.1 Å². The lowest BCUT2D eigenvalue weighted by molar-refractivity contribution is 0.874. The summed E-state index contributed by atoms with van der Waals surface area (Å²) in [5.74, 6) is 0. The molecule has 2 heterocycles. The Morgan fingerprint density at radius 2 is 2.05 bits per heavy atom. The molecular weight excluding hydrogens is 238 g/mol. The third kappa shape index (κ3) is 1.87. The summed E-state index contributed by atoms with van der Waals surface area (Å²) in [5, 5.41) is 1.51. The molecule has 0 radical (unpaired) electrons. The predicted molar refractivity (Wildman–Crippen MR) is 76.8 cm³/mol. The zero-order valence-corrected chi connectivity index (χ0v) is 10.5. The number of anilines is 1. The topological polar surface area (TPSA) is 60.9 Å². The molecule has 1 aromatic carbocycles. The Bertz CT molecular complexity index is 821. The SMILES string of the molecule is Cn1cc(-c2cccc(N)c2)c2ccncc2c1=O. The van der Waals surface area contributed by atoms with Gasteiger partial charge in [0.15, 0.2) is 0 Å². The zero-order valence-electron chi connectivity index (χ0n) is 10.5. The predicted octanol–water partition coefficient (Wildman–Crippen LogP) is 2.18. The maximum absolute atomic E-state index is 12.1. The van der Waals surface area contributed by atoms with E-state index in [-0.39, 0.29) is 5.56 Å². The number of nitrogens with two attached hydrogens (primary N) is 1. The fraction of sp³-hybridized carbons (Fsp3) is 0.0667. The van der Waals surface area contributed by atoms with Crippen LogP contribution >= 0.6 is 0 Å². The van der Waals surface area contributed by atoms with Gasteiger partial charge in [-0.2, -0.15) is 0 Å². The Kier molecular flexibility index (Phi) is 2.56. The van der Waals surface area contributed by atoms with E-state index in [1.807, 2.05) is 36.5 Å². The highest BCUT2D eigenvalue weighted by Crippen LogP contribution is 2.27. The van der Waals surface area contributed by atoms with Crippen molar-refractivity contribution in [2.24, 2.45) is 7.05 Å². The van der Waals surface area contributed by atoms with Crippen LogP contribution < -0.4 is 11.3 Å². The van der Waals surface area contributed by atoms with E-state index in [0.29, 0.717) is 11.1 Å². The van der Waals surface area contributed by atoms with Crippen molar-refractivity contribution in [1.29, 1.82) is 0 Å². The lowest BCUT2D eigenvalue weighted by atomic mass is 10.0. The quantitative estimate of drug-likeness (QED) is 0.674. The van der Waals surface area contributed by atoms with Crippen LogP contribution in [0.1, 0.15) is 0 Å². The van der Waals surface area contributed by atoms with E-state index in [0.717, 1.165) is 16.5 Å². The maximum atomic E-state index is 12.1.